The van der Waals surface area contributed by atoms with E-state index >= 15 is 0 Å². The van der Waals surface area contributed by atoms with Gasteiger partial charge in [-0.1, -0.05) is 25.7 Å². The maximum absolute atomic E-state index is 12.4. The van der Waals surface area contributed by atoms with Crippen molar-refractivity contribution in [2.45, 2.75) is 62.9 Å². The van der Waals surface area contributed by atoms with Crippen LogP contribution in [0, 0.1) is 0 Å². The van der Waals surface area contributed by atoms with E-state index in [9.17, 15) is 24.0 Å². The second kappa shape index (κ2) is 7.93. The van der Waals surface area contributed by atoms with Gasteiger partial charge in [-0.15, -0.1) is 0 Å². The zero-order valence-electron chi connectivity index (χ0n) is 15.0. The number of ether oxygens (including phenoxy) is 1. The number of nitrogens with zero attached hydrogens (tertiary/aromatic N) is 1. The SMILES string of the molecule is O=C(COC(=O)CN1C(=O)NC2(CCCC2)C1=O)NC(=O)NC1CCCC1. The molecule has 0 aromatic carbocycles. The molecule has 1 saturated heterocycles. The Morgan fingerprint density at radius 2 is 1.78 bits per heavy atom. The average molecular weight is 380 g/mol. The van der Waals surface area contributed by atoms with Crippen LogP contribution in [-0.4, -0.2) is 59.5 Å². The first-order valence-electron chi connectivity index (χ1n) is 9.30. The Kier molecular flexibility index (Phi) is 5.62. The van der Waals surface area contributed by atoms with Crippen molar-refractivity contribution in [2.24, 2.45) is 0 Å². The first-order valence-corrected chi connectivity index (χ1v) is 9.30. The number of nitrogens with one attached hydrogen (secondary N) is 3. The Morgan fingerprint density at radius 3 is 2.44 bits per heavy atom. The molecule has 10 nitrogen and oxygen atoms in total. The van der Waals surface area contributed by atoms with Crippen LogP contribution in [0.5, 0.6) is 0 Å². The van der Waals surface area contributed by atoms with Gasteiger partial charge in [-0.3, -0.25) is 24.6 Å². The fourth-order valence-electron chi connectivity index (χ4n) is 3.91. The number of hydrogen-bond acceptors (Lipinski definition) is 6. The predicted molar refractivity (Wildman–Crippen MR) is 91.3 cm³/mol. The molecule has 0 unspecified atom stereocenters. The van der Waals surface area contributed by atoms with Crippen molar-refractivity contribution in [3.63, 3.8) is 0 Å². The number of imide groups is 2. The van der Waals surface area contributed by atoms with Crippen LogP contribution in [0.3, 0.4) is 0 Å². The van der Waals surface area contributed by atoms with Crippen molar-refractivity contribution in [2.75, 3.05) is 13.2 Å². The Bertz CT molecular complexity index is 652. The Hall–Kier alpha value is -2.65. The third-order valence-corrected chi connectivity index (χ3v) is 5.30. The molecule has 10 heteroatoms. The van der Waals surface area contributed by atoms with Crippen LogP contribution >= 0.6 is 0 Å². The minimum absolute atomic E-state index is 0.0583. The van der Waals surface area contributed by atoms with Gasteiger partial charge in [0.2, 0.25) is 0 Å². The molecule has 2 saturated carbocycles. The van der Waals surface area contributed by atoms with E-state index in [1.165, 1.54) is 0 Å². The van der Waals surface area contributed by atoms with Crippen molar-refractivity contribution in [1.29, 1.82) is 0 Å². The summed E-state index contributed by atoms with van der Waals surface area (Å²) >= 11 is 0. The monoisotopic (exact) mass is 380 g/mol. The minimum atomic E-state index is -0.896. The van der Waals surface area contributed by atoms with Crippen molar-refractivity contribution in [3.8, 4) is 0 Å². The highest BCUT2D eigenvalue weighted by atomic mass is 16.5. The summed E-state index contributed by atoms with van der Waals surface area (Å²) in [6.45, 7) is -1.22. The summed E-state index contributed by atoms with van der Waals surface area (Å²) in [4.78, 5) is 60.5. The summed E-state index contributed by atoms with van der Waals surface area (Å²) in [5.74, 6) is -2.09. The van der Waals surface area contributed by atoms with E-state index in [4.69, 9.17) is 4.74 Å². The number of carbonyl (C=O) groups is 5. The summed E-state index contributed by atoms with van der Waals surface area (Å²) in [5.41, 5.74) is -0.896. The van der Waals surface area contributed by atoms with Crippen LogP contribution in [-0.2, 0) is 19.1 Å². The van der Waals surface area contributed by atoms with Gasteiger partial charge in [0, 0.05) is 6.04 Å². The van der Waals surface area contributed by atoms with Crippen molar-refractivity contribution in [1.82, 2.24) is 20.9 Å². The normalized spacial score (nSPS) is 21.4. The molecule has 3 rings (SSSR count). The second-order valence-corrected chi connectivity index (χ2v) is 7.27. The van der Waals surface area contributed by atoms with E-state index in [2.05, 4.69) is 16.0 Å². The zero-order valence-corrected chi connectivity index (χ0v) is 15.0. The van der Waals surface area contributed by atoms with Gasteiger partial charge in [-0.05, 0) is 25.7 Å². The van der Waals surface area contributed by atoms with Gasteiger partial charge in [-0.2, -0.15) is 0 Å². The Labute approximate surface area is 156 Å². The maximum atomic E-state index is 12.4. The van der Waals surface area contributed by atoms with Crippen molar-refractivity contribution >= 4 is 29.8 Å². The second-order valence-electron chi connectivity index (χ2n) is 7.27. The number of carbonyl (C=O) groups excluding carboxylic acids is 5. The lowest BCUT2D eigenvalue weighted by atomic mass is 9.98. The Morgan fingerprint density at radius 1 is 1.11 bits per heavy atom. The number of hydrogen-bond donors (Lipinski definition) is 3. The molecule has 1 spiro atoms. The van der Waals surface area contributed by atoms with Crippen LogP contribution in [0.2, 0.25) is 0 Å². The molecule has 3 aliphatic rings. The number of amides is 6. The fraction of sp³-hybridized carbons (Fsp3) is 0.706. The molecule has 0 radical (unpaired) electrons. The van der Waals surface area contributed by atoms with E-state index in [-0.39, 0.29) is 6.04 Å². The number of rotatable bonds is 5. The molecular formula is C17H24N4O6. The van der Waals surface area contributed by atoms with E-state index in [0.717, 1.165) is 43.4 Å². The molecular weight excluding hydrogens is 356 g/mol. The molecule has 0 atom stereocenters. The lowest BCUT2D eigenvalue weighted by Gasteiger charge is -2.19. The maximum Gasteiger partial charge on any atom is 0.326 e. The third kappa shape index (κ3) is 4.37. The molecule has 3 N–H and O–H groups in total. The summed E-state index contributed by atoms with van der Waals surface area (Å²) in [7, 11) is 0. The third-order valence-electron chi connectivity index (χ3n) is 5.30. The van der Waals surface area contributed by atoms with E-state index in [1.54, 1.807) is 0 Å². The molecule has 0 aromatic rings. The van der Waals surface area contributed by atoms with Crippen LogP contribution in [0.1, 0.15) is 51.4 Å². The first-order chi connectivity index (χ1) is 12.9. The van der Waals surface area contributed by atoms with Gasteiger partial charge in [0.1, 0.15) is 12.1 Å². The molecule has 2 aliphatic carbocycles. The van der Waals surface area contributed by atoms with Crippen LogP contribution in [0.15, 0.2) is 0 Å². The molecule has 1 aliphatic heterocycles. The lowest BCUT2D eigenvalue weighted by Crippen LogP contribution is -2.45. The topological polar surface area (TPSA) is 134 Å². The van der Waals surface area contributed by atoms with E-state index in [0.29, 0.717) is 12.8 Å². The van der Waals surface area contributed by atoms with Gasteiger partial charge in [0.05, 0.1) is 0 Å². The van der Waals surface area contributed by atoms with Gasteiger partial charge in [0.25, 0.3) is 11.8 Å². The lowest BCUT2D eigenvalue weighted by molar-refractivity contribution is -0.150. The van der Waals surface area contributed by atoms with Gasteiger partial charge in [0.15, 0.2) is 6.61 Å². The van der Waals surface area contributed by atoms with Crippen LogP contribution in [0.4, 0.5) is 9.59 Å². The van der Waals surface area contributed by atoms with Gasteiger partial charge in [-0.25, -0.2) is 9.59 Å². The highest BCUT2D eigenvalue weighted by molar-refractivity contribution is 6.09. The molecule has 27 heavy (non-hydrogen) atoms. The van der Waals surface area contributed by atoms with Crippen LogP contribution < -0.4 is 16.0 Å². The summed E-state index contributed by atoms with van der Waals surface area (Å²) in [5, 5.41) is 7.42. The Balaban J connectivity index is 1.40. The molecule has 3 fully saturated rings. The van der Waals surface area contributed by atoms with E-state index < -0.39 is 48.5 Å². The largest absolute Gasteiger partial charge is 0.454 e. The standard InChI is InChI=1S/C17H24N4O6/c22-12(19-15(25)18-11-5-1-2-6-11)10-27-13(23)9-21-14(24)17(20-16(21)26)7-3-4-8-17/h11H,1-10H2,(H,20,26)(H2,18,19,22,25). The predicted octanol–water partition coefficient (Wildman–Crippen LogP) is 0.163. The fourth-order valence-corrected chi connectivity index (χ4v) is 3.91. The summed E-state index contributed by atoms with van der Waals surface area (Å²) < 4.78 is 4.78. The smallest absolute Gasteiger partial charge is 0.326 e. The van der Waals surface area contributed by atoms with Gasteiger partial charge < -0.3 is 15.4 Å². The van der Waals surface area contributed by atoms with E-state index in [1.807, 2.05) is 0 Å². The van der Waals surface area contributed by atoms with Crippen molar-refractivity contribution in [3.05, 3.63) is 0 Å². The highest BCUT2D eigenvalue weighted by Crippen LogP contribution is 2.34. The molecule has 6 amide bonds. The molecule has 0 bridgehead atoms. The van der Waals surface area contributed by atoms with Crippen molar-refractivity contribution < 1.29 is 28.7 Å². The van der Waals surface area contributed by atoms with Gasteiger partial charge >= 0.3 is 18.0 Å². The minimum Gasteiger partial charge on any atom is -0.454 e. The van der Waals surface area contributed by atoms with Crippen LogP contribution in [0.25, 0.3) is 0 Å². The number of esters is 1. The average Bonchev–Trinajstić information content (AvgIpc) is 3.33. The quantitative estimate of drug-likeness (QED) is 0.460. The number of urea groups is 2. The first kappa shape index (κ1) is 19.1. The summed E-state index contributed by atoms with van der Waals surface area (Å²) in [6.07, 6.45) is 6.64. The summed E-state index contributed by atoms with van der Waals surface area (Å²) in [6, 6.07) is -1.19. The molecule has 0 aromatic heterocycles. The highest BCUT2D eigenvalue weighted by Gasteiger charge is 2.52. The zero-order chi connectivity index (χ0) is 19.4. The molecule has 148 valence electrons. The molecule has 1 heterocycles.